The highest BCUT2D eigenvalue weighted by Crippen LogP contribution is 2.37. The van der Waals surface area contributed by atoms with Gasteiger partial charge in [-0.3, -0.25) is 14.6 Å². The third kappa shape index (κ3) is 6.09. The predicted octanol–water partition coefficient (Wildman–Crippen LogP) is 4.69. The summed E-state index contributed by atoms with van der Waals surface area (Å²) in [6, 6.07) is 21.2. The van der Waals surface area contributed by atoms with E-state index in [9.17, 15) is 9.59 Å². The van der Waals surface area contributed by atoms with Gasteiger partial charge in [0.05, 0.1) is 19.7 Å². The molecule has 5 rings (SSSR count). The molecule has 2 aromatic carbocycles. The van der Waals surface area contributed by atoms with E-state index in [0.29, 0.717) is 42.5 Å². The van der Waals surface area contributed by atoms with Crippen molar-refractivity contribution in [3.05, 3.63) is 90.3 Å². The number of nitrogens with one attached hydrogen (secondary N) is 2. The third-order valence-corrected chi connectivity index (χ3v) is 8.22. The maximum absolute atomic E-state index is 14.2. The number of benzene rings is 2. The first-order valence-electron chi connectivity index (χ1n) is 13.7. The van der Waals surface area contributed by atoms with Crippen LogP contribution in [0.1, 0.15) is 49.3 Å². The first-order valence-corrected chi connectivity index (χ1v) is 14.1. The van der Waals surface area contributed by atoms with Gasteiger partial charge >= 0.3 is 0 Å². The Bertz CT molecular complexity index is 1310. The Labute approximate surface area is 240 Å². The zero-order chi connectivity index (χ0) is 28.0. The molecular formula is C31H35N5O3S. The molecule has 1 aromatic heterocycles. The molecule has 8 nitrogen and oxygen atoms in total. The highest BCUT2D eigenvalue weighted by molar-refractivity contribution is 7.80. The molecule has 2 amide bonds. The van der Waals surface area contributed by atoms with Crippen molar-refractivity contribution in [2.45, 2.75) is 50.2 Å². The highest BCUT2D eigenvalue weighted by Gasteiger charge is 2.47. The van der Waals surface area contributed by atoms with E-state index in [2.05, 4.69) is 27.8 Å². The lowest BCUT2D eigenvalue weighted by molar-refractivity contribution is -0.149. The number of rotatable bonds is 9. The summed E-state index contributed by atoms with van der Waals surface area (Å²) in [6.45, 7) is 0.964. The SMILES string of the molecule is COc1ccc(NC(=O)C2(N(Cc3cccnc3)C(=O)CN3CC(c4ccccc4)NC3=S)CCCCC2)cc1. The molecule has 2 N–H and O–H groups in total. The summed E-state index contributed by atoms with van der Waals surface area (Å²) in [5.41, 5.74) is 1.68. The first-order chi connectivity index (χ1) is 19.5. The molecule has 1 aliphatic heterocycles. The maximum Gasteiger partial charge on any atom is 0.250 e. The molecule has 9 heteroatoms. The van der Waals surface area contributed by atoms with Crippen LogP contribution in [0.2, 0.25) is 0 Å². The fourth-order valence-electron chi connectivity index (χ4n) is 5.68. The number of aromatic nitrogens is 1. The topological polar surface area (TPSA) is 86.8 Å². The van der Waals surface area contributed by atoms with E-state index < -0.39 is 5.54 Å². The fraction of sp³-hybridized carbons (Fsp3) is 0.355. The summed E-state index contributed by atoms with van der Waals surface area (Å²) < 4.78 is 5.26. The molecule has 1 saturated carbocycles. The molecule has 1 aliphatic carbocycles. The lowest BCUT2D eigenvalue weighted by Crippen LogP contribution is -2.61. The number of ether oxygens (including phenoxy) is 1. The predicted molar refractivity (Wildman–Crippen MR) is 159 cm³/mol. The Morgan fingerprint density at radius 3 is 2.50 bits per heavy atom. The van der Waals surface area contributed by atoms with E-state index >= 15 is 0 Å². The Hall–Kier alpha value is -3.98. The zero-order valence-corrected chi connectivity index (χ0v) is 23.5. The quantitative estimate of drug-likeness (QED) is 0.369. The molecule has 2 fully saturated rings. The molecule has 2 heterocycles. The van der Waals surface area contributed by atoms with Crippen molar-refractivity contribution >= 4 is 34.8 Å². The van der Waals surface area contributed by atoms with Gasteiger partial charge in [-0.25, -0.2) is 0 Å². The van der Waals surface area contributed by atoms with Crippen LogP contribution < -0.4 is 15.4 Å². The summed E-state index contributed by atoms with van der Waals surface area (Å²) in [6.07, 6.45) is 7.42. The minimum absolute atomic E-state index is 0.00952. The number of anilines is 1. The van der Waals surface area contributed by atoms with E-state index in [1.165, 1.54) is 0 Å². The van der Waals surface area contributed by atoms with Crippen molar-refractivity contribution in [1.82, 2.24) is 20.1 Å². The van der Waals surface area contributed by atoms with E-state index in [1.54, 1.807) is 24.4 Å². The summed E-state index contributed by atoms with van der Waals surface area (Å²) in [5, 5.41) is 7.00. The molecule has 2 aliphatic rings. The number of carbonyl (C=O) groups excluding carboxylic acids is 2. The minimum Gasteiger partial charge on any atom is -0.497 e. The Balaban J connectivity index is 1.42. The van der Waals surface area contributed by atoms with Crippen molar-refractivity contribution in [3.8, 4) is 5.75 Å². The van der Waals surface area contributed by atoms with Gasteiger partial charge in [0.1, 0.15) is 11.3 Å². The zero-order valence-electron chi connectivity index (χ0n) is 22.7. The smallest absolute Gasteiger partial charge is 0.250 e. The lowest BCUT2D eigenvalue weighted by atomic mass is 9.78. The number of amides is 2. The van der Waals surface area contributed by atoms with E-state index in [0.717, 1.165) is 30.4 Å². The van der Waals surface area contributed by atoms with Crippen LogP contribution in [0.5, 0.6) is 5.75 Å². The van der Waals surface area contributed by atoms with Gasteiger partial charge in [0.15, 0.2) is 5.11 Å². The number of hydrogen-bond donors (Lipinski definition) is 2. The average Bonchev–Trinajstić information content (AvgIpc) is 3.37. The molecular weight excluding hydrogens is 522 g/mol. The molecule has 1 atom stereocenters. The van der Waals surface area contributed by atoms with E-state index in [4.69, 9.17) is 17.0 Å². The van der Waals surface area contributed by atoms with Crippen LogP contribution in [0.25, 0.3) is 0 Å². The van der Waals surface area contributed by atoms with E-state index in [1.807, 2.05) is 59.5 Å². The summed E-state index contributed by atoms with van der Waals surface area (Å²) in [7, 11) is 1.61. The monoisotopic (exact) mass is 557 g/mol. The summed E-state index contributed by atoms with van der Waals surface area (Å²) >= 11 is 5.64. The second kappa shape index (κ2) is 12.5. The van der Waals surface area contributed by atoms with Gasteiger partial charge in [-0.2, -0.15) is 0 Å². The van der Waals surface area contributed by atoms with Crippen molar-refractivity contribution < 1.29 is 14.3 Å². The normalized spacial score (nSPS) is 18.1. The molecule has 0 bridgehead atoms. The Morgan fingerprint density at radius 1 is 1.07 bits per heavy atom. The molecule has 40 heavy (non-hydrogen) atoms. The fourth-order valence-corrected chi connectivity index (χ4v) is 5.96. The van der Waals surface area contributed by atoms with Crippen LogP contribution in [-0.4, -0.2) is 57.4 Å². The second-order valence-corrected chi connectivity index (χ2v) is 10.8. The van der Waals surface area contributed by atoms with E-state index in [-0.39, 0.29) is 24.4 Å². The number of pyridine rings is 1. The van der Waals surface area contributed by atoms with Crippen LogP contribution in [0.4, 0.5) is 5.69 Å². The van der Waals surface area contributed by atoms with Crippen LogP contribution in [0.15, 0.2) is 79.1 Å². The second-order valence-electron chi connectivity index (χ2n) is 10.4. The van der Waals surface area contributed by atoms with Gasteiger partial charge in [-0.15, -0.1) is 0 Å². The number of thiocarbonyl (C=S) groups is 1. The molecule has 3 aromatic rings. The van der Waals surface area contributed by atoms with Crippen molar-refractivity contribution in [1.29, 1.82) is 0 Å². The molecule has 0 spiro atoms. The van der Waals surface area contributed by atoms with Gasteiger partial charge in [0.2, 0.25) is 11.8 Å². The maximum atomic E-state index is 14.2. The third-order valence-electron chi connectivity index (χ3n) is 7.85. The van der Waals surface area contributed by atoms with Crippen LogP contribution in [0.3, 0.4) is 0 Å². The van der Waals surface area contributed by atoms with Crippen LogP contribution in [-0.2, 0) is 16.1 Å². The summed E-state index contributed by atoms with van der Waals surface area (Å²) in [5.74, 6) is 0.412. The Morgan fingerprint density at radius 2 is 1.82 bits per heavy atom. The largest absolute Gasteiger partial charge is 0.497 e. The van der Waals surface area contributed by atoms with Crippen LogP contribution in [0, 0.1) is 0 Å². The van der Waals surface area contributed by atoms with Gasteiger partial charge in [-0.1, -0.05) is 55.7 Å². The van der Waals surface area contributed by atoms with Gasteiger partial charge in [0.25, 0.3) is 0 Å². The number of hydrogen-bond acceptors (Lipinski definition) is 5. The van der Waals surface area contributed by atoms with Gasteiger partial charge in [0, 0.05) is 31.2 Å². The average molecular weight is 558 g/mol. The number of methoxy groups -OCH3 is 1. The van der Waals surface area contributed by atoms with Crippen molar-refractivity contribution in [2.24, 2.45) is 0 Å². The molecule has 0 radical (unpaired) electrons. The molecule has 208 valence electrons. The number of carbonyl (C=O) groups is 2. The van der Waals surface area contributed by atoms with Crippen LogP contribution >= 0.6 is 12.2 Å². The first kappa shape index (κ1) is 27.6. The van der Waals surface area contributed by atoms with Gasteiger partial charge < -0.3 is 25.2 Å². The highest BCUT2D eigenvalue weighted by atomic mass is 32.1. The lowest BCUT2D eigenvalue weighted by Gasteiger charge is -2.45. The Kier molecular flexibility index (Phi) is 8.60. The van der Waals surface area contributed by atoms with Crippen molar-refractivity contribution in [3.63, 3.8) is 0 Å². The number of nitrogens with zero attached hydrogens (tertiary/aromatic N) is 3. The van der Waals surface area contributed by atoms with Gasteiger partial charge in [-0.05, 0) is 66.5 Å². The molecule has 1 saturated heterocycles. The standard InChI is InChI=1S/C31H35N5O3S/c1-39-26-14-12-25(13-15-26)33-29(38)31(16-6-3-7-17-31)36(20-23-9-8-18-32-19-23)28(37)22-35-21-27(34-30(35)40)24-10-4-2-5-11-24/h2,4-5,8-15,18-19,27H,3,6-7,16-17,20-22H2,1H3,(H,33,38)(H,34,40). The van der Waals surface area contributed by atoms with Crippen molar-refractivity contribution in [2.75, 3.05) is 25.5 Å². The summed E-state index contributed by atoms with van der Waals surface area (Å²) in [4.78, 5) is 36.3. The molecule has 1 unspecified atom stereocenters. The minimum atomic E-state index is -0.987.